The average molecular weight is 577 g/mol. The summed E-state index contributed by atoms with van der Waals surface area (Å²) in [6.07, 6.45) is 2.46. The highest BCUT2D eigenvalue weighted by atomic mass is 32.1. The molecule has 2 aliphatic carbocycles. The van der Waals surface area contributed by atoms with Crippen molar-refractivity contribution in [2.75, 3.05) is 0 Å². The van der Waals surface area contributed by atoms with Gasteiger partial charge in [-0.1, -0.05) is 35.9 Å². The first-order valence-corrected chi connectivity index (χ1v) is 15.0. The fraction of sp³-hybridized carbons (Fsp3) is 0.333. The van der Waals surface area contributed by atoms with Crippen LogP contribution in [0, 0.1) is 35.4 Å². The molecule has 6 atom stereocenters. The predicted octanol–water partition coefficient (Wildman–Crippen LogP) is 4.69. The quantitative estimate of drug-likeness (QED) is 0.351. The lowest BCUT2D eigenvalue weighted by Gasteiger charge is -2.44. The molecule has 0 spiro atoms. The summed E-state index contributed by atoms with van der Waals surface area (Å²) in [6.45, 7) is 0.350. The van der Waals surface area contributed by atoms with Crippen molar-refractivity contribution < 1.29 is 28.7 Å². The van der Waals surface area contributed by atoms with E-state index in [2.05, 4.69) is 0 Å². The van der Waals surface area contributed by atoms with Gasteiger partial charge >= 0.3 is 0 Å². The van der Waals surface area contributed by atoms with E-state index >= 15 is 0 Å². The zero-order chi connectivity index (χ0) is 27.7. The number of nitrogens with zero attached hydrogens (tertiary/aromatic N) is 2. The summed E-state index contributed by atoms with van der Waals surface area (Å²) in [6, 6.07) is 11.7. The number of rotatable bonds is 5. The van der Waals surface area contributed by atoms with Gasteiger partial charge in [0.05, 0.1) is 36.8 Å². The van der Waals surface area contributed by atoms with Gasteiger partial charge in [-0.15, -0.1) is 22.7 Å². The molecule has 2 aliphatic heterocycles. The number of hydrogen-bond acceptors (Lipinski definition) is 7. The SMILES string of the molecule is O=C1C2CC=C3C(CC4C(=O)N(Cc5cccs5)C(=O)C4C3c3cccc(F)c3O)C2C(=O)N1Cc1cccs1. The summed E-state index contributed by atoms with van der Waals surface area (Å²) in [5, 5.41) is 14.6. The average Bonchev–Trinajstić information content (AvgIpc) is 3.74. The van der Waals surface area contributed by atoms with Crippen LogP contribution >= 0.6 is 22.7 Å². The summed E-state index contributed by atoms with van der Waals surface area (Å²) in [7, 11) is 0. The zero-order valence-corrected chi connectivity index (χ0v) is 22.9. The van der Waals surface area contributed by atoms with E-state index in [9.17, 15) is 28.7 Å². The fourth-order valence-electron chi connectivity index (χ4n) is 7.28. The highest BCUT2D eigenvalue weighted by Crippen LogP contribution is 2.59. The van der Waals surface area contributed by atoms with Crippen molar-refractivity contribution in [3.05, 3.63) is 86.0 Å². The number of hydrogen-bond donors (Lipinski definition) is 1. The van der Waals surface area contributed by atoms with Gasteiger partial charge in [0.25, 0.3) is 0 Å². The normalized spacial score (nSPS) is 29.5. The highest BCUT2D eigenvalue weighted by Gasteiger charge is 2.62. The van der Waals surface area contributed by atoms with Gasteiger partial charge in [-0.05, 0) is 47.7 Å². The smallest absolute Gasteiger partial charge is 0.234 e. The minimum Gasteiger partial charge on any atom is -0.505 e. The predicted molar refractivity (Wildman–Crippen MR) is 145 cm³/mol. The Morgan fingerprint density at radius 1 is 0.775 bits per heavy atom. The number of carbonyl (C=O) groups is 4. The van der Waals surface area contributed by atoms with Crippen LogP contribution in [-0.2, 0) is 32.3 Å². The van der Waals surface area contributed by atoms with E-state index in [1.54, 1.807) is 6.07 Å². The molecule has 0 bridgehead atoms. The Kier molecular flexibility index (Phi) is 6.01. The first-order chi connectivity index (χ1) is 19.3. The van der Waals surface area contributed by atoms with Crippen molar-refractivity contribution >= 4 is 46.3 Å². The van der Waals surface area contributed by atoms with Crippen molar-refractivity contribution in [3.63, 3.8) is 0 Å². The zero-order valence-electron chi connectivity index (χ0n) is 21.2. The topological polar surface area (TPSA) is 95.0 Å². The molecule has 7 nitrogen and oxygen atoms in total. The van der Waals surface area contributed by atoms with Crippen LogP contribution in [0.3, 0.4) is 0 Å². The van der Waals surface area contributed by atoms with Gasteiger partial charge in [0.1, 0.15) is 0 Å². The first-order valence-electron chi connectivity index (χ1n) is 13.3. The Morgan fingerprint density at radius 2 is 1.40 bits per heavy atom. The summed E-state index contributed by atoms with van der Waals surface area (Å²) in [4.78, 5) is 59.3. The number of phenolic OH excluding ortho intramolecular Hbond substituents is 1. The summed E-state index contributed by atoms with van der Waals surface area (Å²) < 4.78 is 14.6. The molecule has 4 aliphatic rings. The van der Waals surface area contributed by atoms with Gasteiger partial charge in [0.2, 0.25) is 23.6 Å². The van der Waals surface area contributed by atoms with Crippen LogP contribution in [0.2, 0.25) is 0 Å². The fourth-order valence-corrected chi connectivity index (χ4v) is 8.66. The van der Waals surface area contributed by atoms with Crippen LogP contribution in [0.1, 0.15) is 34.1 Å². The standard InChI is InChI=1S/C30H25FN2O5S2/c31-22-7-1-6-18(26(22)34)23-17-8-9-19-24(29(37)32(27(19)35)13-15-4-2-10-39-15)20(17)12-21-25(23)30(38)33(28(21)36)14-16-5-3-11-40-16/h1-8,10-11,19-21,23-25,34H,9,12-14H2. The number of halogens is 1. The number of fused-ring (bicyclic) bond motifs is 4. The van der Waals surface area contributed by atoms with Crippen LogP contribution in [0.25, 0.3) is 0 Å². The number of carbonyl (C=O) groups excluding carboxylic acids is 4. The molecule has 2 aromatic heterocycles. The molecule has 4 heterocycles. The van der Waals surface area contributed by atoms with E-state index in [1.807, 2.05) is 41.1 Å². The van der Waals surface area contributed by atoms with Crippen molar-refractivity contribution in [1.82, 2.24) is 9.80 Å². The van der Waals surface area contributed by atoms with Crippen LogP contribution in [0.4, 0.5) is 4.39 Å². The van der Waals surface area contributed by atoms with Crippen molar-refractivity contribution in [2.24, 2.45) is 29.6 Å². The molecule has 1 aromatic carbocycles. The van der Waals surface area contributed by atoms with E-state index in [0.29, 0.717) is 6.42 Å². The third-order valence-corrected chi connectivity index (χ3v) is 10.7. The minimum absolute atomic E-state index is 0.145. The molecule has 7 rings (SSSR count). The summed E-state index contributed by atoms with van der Waals surface area (Å²) >= 11 is 2.93. The van der Waals surface area contributed by atoms with Crippen molar-refractivity contribution in [3.8, 4) is 5.75 Å². The van der Waals surface area contributed by atoms with Gasteiger partial charge in [0.15, 0.2) is 11.6 Å². The number of amides is 4. The number of allylic oxidation sites excluding steroid dienone is 2. The van der Waals surface area contributed by atoms with Gasteiger partial charge in [0, 0.05) is 21.2 Å². The Labute approximate surface area is 237 Å². The lowest BCUT2D eigenvalue weighted by Crippen LogP contribution is -2.43. The van der Waals surface area contributed by atoms with E-state index < -0.39 is 47.1 Å². The lowest BCUT2D eigenvalue weighted by atomic mass is 9.57. The number of thiophene rings is 2. The van der Waals surface area contributed by atoms with Gasteiger partial charge in [-0.25, -0.2) is 4.39 Å². The van der Waals surface area contributed by atoms with Crippen molar-refractivity contribution in [2.45, 2.75) is 31.8 Å². The van der Waals surface area contributed by atoms with E-state index in [0.717, 1.165) is 21.4 Å². The number of benzene rings is 1. The summed E-state index contributed by atoms with van der Waals surface area (Å²) in [5.74, 6) is -6.57. The second-order valence-electron chi connectivity index (χ2n) is 10.9. The molecule has 40 heavy (non-hydrogen) atoms. The number of aromatic hydroxyl groups is 1. The monoisotopic (exact) mass is 576 g/mol. The molecule has 2 saturated heterocycles. The number of para-hydroxylation sites is 1. The Balaban J connectivity index is 1.30. The molecule has 6 unspecified atom stereocenters. The summed E-state index contributed by atoms with van der Waals surface area (Å²) in [5.41, 5.74) is 0.970. The van der Waals surface area contributed by atoms with E-state index in [1.165, 1.54) is 38.5 Å². The molecular formula is C30H25FN2O5S2. The van der Waals surface area contributed by atoms with Crippen LogP contribution in [0.5, 0.6) is 5.75 Å². The Bertz CT molecular complexity index is 1570. The van der Waals surface area contributed by atoms with Crippen molar-refractivity contribution in [1.29, 1.82) is 0 Å². The number of phenols is 1. The maximum atomic E-state index is 14.6. The van der Waals surface area contributed by atoms with Gasteiger partial charge < -0.3 is 5.11 Å². The maximum Gasteiger partial charge on any atom is 0.234 e. The van der Waals surface area contributed by atoms with Crippen LogP contribution < -0.4 is 0 Å². The molecule has 0 radical (unpaired) electrons. The van der Waals surface area contributed by atoms with E-state index in [-0.39, 0.29) is 48.7 Å². The molecule has 3 fully saturated rings. The molecule has 10 heteroatoms. The molecule has 1 saturated carbocycles. The number of imide groups is 2. The Hall–Kier alpha value is -3.63. The largest absolute Gasteiger partial charge is 0.505 e. The van der Waals surface area contributed by atoms with E-state index in [4.69, 9.17) is 0 Å². The molecule has 1 N–H and O–H groups in total. The maximum absolute atomic E-state index is 14.6. The number of likely N-dealkylation sites (tertiary alicyclic amines) is 2. The molecular weight excluding hydrogens is 551 g/mol. The molecule has 4 amide bonds. The second-order valence-corrected chi connectivity index (χ2v) is 13.0. The minimum atomic E-state index is -0.825. The third kappa shape index (κ3) is 3.72. The third-order valence-electron chi connectivity index (χ3n) is 8.97. The second kappa shape index (κ2) is 9.49. The van der Waals surface area contributed by atoms with Crippen LogP contribution in [0.15, 0.2) is 64.9 Å². The Morgan fingerprint density at radius 3 is 2.02 bits per heavy atom. The van der Waals surface area contributed by atoms with Gasteiger partial charge in [-0.3, -0.25) is 29.0 Å². The van der Waals surface area contributed by atoms with Gasteiger partial charge in [-0.2, -0.15) is 0 Å². The molecule has 3 aromatic rings. The highest BCUT2D eigenvalue weighted by molar-refractivity contribution is 7.10. The molecule has 204 valence electrons. The van der Waals surface area contributed by atoms with Crippen LogP contribution in [-0.4, -0.2) is 38.5 Å². The first kappa shape index (κ1) is 25.3. The lowest BCUT2D eigenvalue weighted by molar-refractivity contribution is -0.142.